The zero-order valence-electron chi connectivity index (χ0n) is 22.7. The summed E-state index contributed by atoms with van der Waals surface area (Å²) in [5, 5.41) is 3.16. The summed E-state index contributed by atoms with van der Waals surface area (Å²) in [4.78, 5) is 33.0. The van der Waals surface area contributed by atoms with Gasteiger partial charge in [-0.1, -0.05) is 78.9 Å². The molecule has 0 bridgehead atoms. The summed E-state index contributed by atoms with van der Waals surface area (Å²) in [5.41, 5.74) is 2.99. The van der Waals surface area contributed by atoms with Gasteiger partial charge in [-0.3, -0.25) is 4.79 Å². The van der Waals surface area contributed by atoms with Gasteiger partial charge in [-0.2, -0.15) is 0 Å². The zero-order valence-corrected chi connectivity index (χ0v) is 22.7. The summed E-state index contributed by atoms with van der Waals surface area (Å²) in [6, 6.07) is 30.8. The Labute approximate surface area is 229 Å². The molecule has 39 heavy (non-hydrogen) atoms. The van der Waals surface area contributed by atoms with Crippen molar-refractivity contribution in [2.24, 2.45) is 0 Å². The van der Waals surface area contributed by atoms with E-state index in [1.54, 1.807) is 4.90 Å². The number of fused-ring (bicyclic) bond motifs is 2. The van der Waals surface area contributed by atoms with Crippen LogP contribution in [0.4, 0.5) is 0 Å². The molecule has 1 atom stereocenters. The molecule has 5 rings (SSSR count). The Bertz CT molecular complexity index is 1600. The molecule has 0 aliphatic heterocycles. The number of para-hydroxylation sites is 1. The molecule has 1 amide bonds. The fourth-order valence-electron chi connectivity index (χ4n) is 4.99. The summed E-state index contributed by atoms with van der Waals surface area (Å²) in [5.74, 6) is -0.591. The summed E-state index contributed by atoms with van der Waals surface area (Å²) in [6.07, 6.45) is 2.95. The van der Waals surface area contributed by atoms with Crippen molar-refractivity contribution in [1.82, 2.24) is 9.88 Å². The molecule has 5 aromatic rings. The maximum Gasteiger partial charge on any atom is 0.329 e. The van der Waals surface area contributed by atoms with Crippen molar-refractivity contribution in [3.63, 3.8) is 0 Å². The van der Waals surface area contributed by atoms with E-state index in [2.05, 4.69) is 11.1 Å². The van der Waals surface area contributed by atoms with Gasteiger partial charge in [0.15, 0.2) is 0 Å². The molecular formula is C34H34N2O3. The first-order chi connectivity index (χ1) is 18.8. The van der Waals surface area contributed by atoms with E-state index in [4.69, 9.17) is 4.74 Å². The van der Waals surface area contributed by atoms with E-state index in [9.17, 15) is 9.59 Å². The van der Waals surface area contributed by atoms with Gasteiger partial charge in [-0.05, 0) is 67.3 Å². The van der Waals surface area contributed by atoms with Crippen LogP contribution in [0.3, 0.4) is 0 Å². The first-order valence-electron chi connectivity index (χ1n) is 13.4. The molecule has 1 N–H and O–H groups in total. The van der Waals surface area contributed by atoms with Crippen molar-refractivity contribution in [3.05, 3.63) is 120 Å². The highest BCUT2D eigenvalue weighted by molar-refractivity contribution is 6.00. The number of H-pyrrole nitrogens is 1. The minimum Gasteiger partial charge on any atom is -0.458 e. The number of nitrogens with one attached hydrogen (secondary N) is 1. The Morgan fingerprint density at radius 1 is 0.846 bits per heavy atom. The Morgan fingerprint density at radius 3 is 2.31 bits per heavy atom. The third-order valence-electron chi connectivity index (χ3n) is 6.88. The number of benzene rings is 4. The quantitative estimate of drug-likeness (QED) is 0.226. The lowest BCUT2D eigenvalue weighted by Gasteiger charge is -2.33. The molecule has 0 fully saturated rings. The van der Waals surface area contributed by atoms with Crippen molar-refractivity contribution in [3.8, 4) is 0 Å². The molecule has 198 valence electrons. The van der Waals surface area contributed by atoms with Crippen LogP contribution in [-0.2, 0) is 22.4 Å². The van der Waals surface area contributed by atoms with E-state index in [0.29, 0.717) is 24.9 Å². The molecule has 0 aliphatic rings. The van der Waals surface area contributed by atoms with Gasteiger partial charge in [0.2, 0.25) is 0 Å². The van der Waals surface area contributed by atoms with Crippen LogP contribution < -0.4 is 0 Å². The number of carbonyl (C=O) groups is 2. The molecule has 0 saturated heterocycles. The Morgan fingerprint density at radius 2 is 1.54 bits per heavy atom. The third-order valence-corrected chi connectivity index (χ3v) is 6.88. The number of hydrogen-bond donors (Lipinski definition) is 1. The molecule has 1 unspecified atom stereocenters. The zero-order chi connectivity index (χ0) is 27.4. The molecule has 0 saturated carbocycles. The van der Waals surface area contributed by atoms with Crippen molar-refractivity contribution in [2.45, 2.75) is 45.3 Å². The number of carbonyl (C=O) groups excluding carboxylic acids is 2. The van der Waals surface area contributed by atoms with Crippen LogP contribution in [-0.4, -0.2) is 39.9 Å². The van der Waals surface area contributed by atoms with Gasteiger partial charge in [-0.15, -0.1) is 0 Å². The van der Waals surface area contributed by atoms with E-state index < -0.39 is 17.6 Å². The molecule has 5 heteroatoms. The van der Waals surface area contributed by atoms with E-state index in [0.717, 1.165) is 32.8 Å². The topological polar surface area (TPSA) is 62.4 Å². The van der Waals surface area contributed by atoms with Crippen molar-refractivity contribution in [2.75, 3.05) is 6.54 Å². The largest absolute Gasteiger partial charge is 0.458 e. The van der Waals surface area contributed by atoms with Gasteiger partial charge in [0.1, 0.15) is 11.6 Å². The lowest BCUT2D eigenvalue weighted by molar-refractivity contribution is -0.160. The molecule has 0 spiro atoms. The van der Waals surface area contributed by atoms with E-state index in [-0.39, 0.29) is 5.91 Å². The molecule has 1 heterocycles. The van der Waals surface area contributed by atoms with Crippen molar-refractivity contribution in [1.29, 1.82) is 0 Å². The predicted octanol–water partition coefficient (Wildman–Crippen LogP) is 6.96. The number of ether oxygens (including phenoxy) is 1. The number of amides is 1. The number of esters is 1. The normalized spacial score (nSPS) is 12.4. The molecular weight excluding hydrogens is 484 g/mol. The van der Waals surface area contributed by atoms with Gasteiger partial charge in [-0.25, -0.2) is 4.79 Å². The Hall–Kier alpha value is -4.38. The first-order valence-corrected chi connectivity index (χ1v) is 13.4. The summed E-state index contributed by atoms with van der Waals surface area (Å²) < 4.78 is 5.88. The van der Waals surface area contributed by atoms with Crippen LogP contribution in [0, 0.1) is 0 Å². The van der Waals surface area contributed by atoms with Crippen LogP contribution in [0.1, 0.15) is 42.3 Å². The number of aromatic amines is 1. The van der Waals surface area contributed by atoms with Crippen LogP contribution in [0.2, 0.25) is 0 Å². The average molecular weight is 519 g/mol. The van der Waals surface area contributed by atoms with Gasteiger partial charge in [0.05, 0.1) is 0 Å². The maximum atomic E-state index is 14.2. The minimum absolute atomic E-state index is 0.188. The predicted molar refractivity (Wildman–Crippen MR) is 157 cm³/mol. The van der Waals surface area contributed by atoms with Gasteiger partial charge >= 0.3 is 5.97 Å². The number of aromatic nitrogens is 1. The smallest absolute Gasteiger partial charge is 0.329 e. The third kappa shape index (κ3) is 6.20. The Kier molecular flexibility index (Phi) is 7.51. The van der Waals surface area contributed by atoms with Crippen LogP contribution in [0.15, 0.2) is 103 Å². The van der Waals surface area contributed by atoms with E-state index in [1.165, 1.54) is 0 Å². The highest BCUT2D eigenvalue weighted by atomic mass is 16.6. The molecule has 0 aliphatic carbocycles. The van der Waals surface area contributed by atoms with Gasteiger partial charge in [0, 0.05) is 35.6 Å². The van der Waals surface area contributed by atoms with Gasteiger partial charge < -0.3 is 14.6 Å². The molecule has 4 aromatic carbocycles. The lowest BCUT2D eigenvalue weighted by Crippen LogP contribution is -2.49. The maximum absolute atomic E-state index is 14.2. The minimum atomic E-state index is -0.782. The Balaban J connectivity index is 1.54. The summed E-state index contributed by atoms with van der Waals surface area (Å²) >= 11 is 0. The molecule has 1 aromatic heterocycles. The van der Waals surface area contributed by atoms with Crippen molar-refractivity contribution >= 4 is 33.6 Å². The van der Waals surface area contributed by atoms with Crippen LogP contribution >= 0.6 is 0 Å². The lowest BCUT2D eigenvalue weighted by atomic mass is 10.0. The number of nitrogens with zero attached hydrogens (tertiary/aromatic N) is 1. The van der Waals surface area contributed by atoms with E-state index >= 15 is 0 Å². The first kappa shape index (κ1) is 26.2. The summed E-state index contributed by atoms with van der Waals surface area (Å²) in [7, 11) is 0. The second kappa shape index (κ2) is 11.2. The van der Waals surface area contributed by atoms with Crippen molar-refractivity contribution < 1.29 is 14.3 Å². The second-order valence-corrected chi connectivity index (χ2v) is 10.9. The SMILES string of the molecule is CC(C)(C)OC(=O)C(Cc1ccccc1)N(CCc1c[nH]c2ccccc12)C(=O)c1ccc2ccccc2c1. The highest BCUT2D eigenvalue weighted by Crippen LogP contribution is 2.23. The van der Waals surface area contributed by atoms with Gasteiger partial charge in [0.25, 0.3) is 5.91 Å². The standard InChI is InChI=1S/C34H34N2O3/c1-34(2,3)39-33(38)31(21-24-11-5-4-6-12-24)36(20-19-28-23-35-30-16-10-9-15-29(28)30)32(37)27-18-17-25-13-7-8-14-26(25)22-27/h4-18,22-23,31,35H,19-21H2,1-3H3. The van der Waals surface area contributed by atoms with E-state index in [1.807, 2.05) is 118 Å². The monoisotopic (exact) mass is 518 g/mol. The fraction of sp³-hybridized carbons (Fsp3) is 0.235. The second-order valence-electron chi connectivity index (χ2n) is 10.9. The molecule has 0 radical (unpaired) electrons. The average Bonchev–Trinajstić information content (AvgIpc) is 3.35. The fourth-order valence-corrected chi connectivity index (χ4v) is 4.99. The number of hydrogen-bond acceptors (Lipinski definition) is 3. The van der Waals surface area contributed by atoms with Crippen LogP contribution in [0.25, 0.3) is 21.7 Å². The number of rotatable bonds is 8. The highest BCUT2D eigenvalue weighted by Gasteiger charge is 2.34. The summed E-state index contributed by atoms with van der Waals surface area (Å²) in [6.45, 7) is 5.92. The molecule has 5 nitrogen and oxygen atoms in total. The van der Waals surface area contributed by atoms with Crippen LogP contribution in [0.5, 0.6) is 0 Å².